The van der Waals surface area contributed by atoms with Crippen LogP contribution in [0.2, 0.25) is 0 Å². The van der Waals surface area contributed by atoms with E-state index in [1.165, 1.54) is 11.1 Å². The fourth-order valence-corrected chi connectivity index (χ4v) is 3.45. The van der Waals surface area contributed by atoms with Gasteiger partial charge in [0, 0.05) is 18.7 Å². The number of quaternary nitrogens is 1. The van der Waals surface area contributed by atoms with Gasteiger partial charge in [0.05, 0.1) is 6.61 Å². The lowest BCUT2D eigenvalue weighted by molar-refractivity contribution is -0.925. The maximum atomic E-state index is 5.90. The minimum atomic E-state index is 0.205. The molecule has 3 rings (SSSR count). The van der Waals surface area contributed by atoms with Crippen molar-refractivity contribution in [2.24, 2.45) is 0 Å². The monoisotopic (exact) mass is 370 g/mol. The summed E-state index contributed by atoms with van der Waals surface area (Å²) in [5.74, 6) is 0. The number of morpholine rings is 1. The van der Waals surface area contributed by atoms with E-state index in [1.54, 1.807) is 4.90 Å². The van der Waals surface area contributed by atoms with Crippen LogP contribution in [0.1, 0.15) is 11.1 Å². The maximum absolute atomic E-state index is 5.90. The van der Waals surface area contributed by atoms with E-state index in [9.17, 15) is 0 Å². The van der Waals surface area contributed by atoms with Gasteiger partial charge in [-0.15, -0.1) is 0 Å². The third-order valence-electron chi connectivity index (χ3n) is 4.65. The van der Waals surface area contributed by atoms with Crippen LogP contribution in [0.15, 0.2) is 60.7 Å². The highest BCUT2D eigenvalue weighted by Gasteiger charge is 2.23. The standard InChI is InChI=1S/C21H27N3OS/c26-21(22-12-11-18-7-3-1-4-8-18)23-15-20-17-24(13-14-25-20)16-19-9-5-2-6-10-19/h1-10,20H,11-17H2,(H2,22,23,26)/p+1/t20-/m1/s1. The van der Waals surface area contributed by atoms with Gasteiger partial charge in [-0.2, -0.15) is 0 Å². The molecular weight excluding hydrogens is 342 g/mol. The van der Waals surface area contributed by atoms with Gasteiger partial charge in [-0.1, -0.05) is 60.7 Å². The molecular formula is C21H28N3OS+. The molecule has 3 N–H and O–H groups in total. The SMILES string of the molecule is S=C(NCCc1ccccc1)NC[C@@H]1C[NH+](Cc2ccccc2)CCO1. The predicted octanol–water partition coefficient (Wildman–Crippen LogP) is 1.18. The highest BCUT2D eigenvalue weighted by molar-refractivity contribution is 7.80. The van der Waals surface area contributed by atoms with Gasteiger partial charge in [0.15, 0.2) is 5.11 Å². The molecule has 26 heavy (non-hydrogen) atoms. The van der Waals surface area contributed by atoms with Crippen LogP contribution < -0.4 is 15.5 Å². The molecule has 1 fully saturated rings. The van der Waals surface area contributed by atoms with E-state index in [4.69, 9.17) is 17.0 Å². The molecule has 0 aromatic heterocycles. The Bertz CT molecular complexity index is 665. The Morgan fingerprint density at radius 3 is 2.42 bits per heavy atom. The summed E-state index contributed by atoms with van der Waals surface area (Å²) in [6.45, 7) is 5.53. The number of rotatable bonds is 7. The molecule has 0 spiro atoms. The third kappa shape index (κ3) is 6.41. The second-order valence-corrected chi connectivity index (χ2v) is 7.14. The smallest absolute Gasteiger partial charge is 0.166 e. The van der Waals surface area contributed by atoms with E-state index in [2.05, 4.69) is 65.2 Å². The Balaban J connectivity index is 1.34. The van der Waals surface area contributed by atoms with Gasteiger partial charge in [-0.05, 0) is 24.2 Å². The Hall–Kier alpha value is -1.95. The number of nitrogens with one attached hydrogen (secondary N) is 3. The zero-order chi connectivity index (χ0) is 18.0. The Labute approximate surface area is 161 Å². The molecule has 138 valence electrons. The molecule has 0 radical (unpaired) electrons. The molecule has 1 unspecified atom stereocenters. The number of ether oxygens (including phenoxy) is 1. The first kappa shape index (κ1) is 18.8. The molecule has 0 aliphatic carbocycles. The van der Waals surface area contributed by atoms with Gasteiger partial charge in [0.1, 0.15) is 25.7 Å². The van der Waals surface area contributed by atoms with Crippen LogP contribution >= 0.6 is 12.2 Å². The van der Waals surface area contributed by atoms with Crippen molar-refractivity contribution in [2.45, 2.75) is 19.1 Å². The summed E-state index contributed by atoms with van der Waals surface area (Å²) in [4.78, 5) is 1.57. The second-order valence-electron chi connectivity index (χ2n) is 6.73. The van der Waals surface area contributed by atoms with Gasteiger partial charge in [0.25, 0.3) is 0 Å². The lowest BCUT2D eigenvalue weighted by atomic mass is 10.1. The molecule has 5 heteroatoms. The van der Waals surface area contributed by atoms with Crippen molar-refractivity contribution in [2.75, 3.05) is 32.8 Å². The summed E-state index contributed by atoms with van der Waals surface area (Å²) in [5, 5.41) is 7.29. The van der Waals surface area contributed by atoms with E-state index in [0.717, 1.165) is 45.8 Å². The fraction of sp³-hybridized carbons (Fsp3) is 0.381. The topological polar surface area (TPSA) is 37.7 Å². The quantitative estimate of drug-likeness (QED) is 0.640. The van der Waals surface area contributed by atoms with Crippen molar-refractivity contribution in [3.05, 3.63) is 71.8 Å². The maximum Gasteiger partial charge on any atom is 0.166 e. The molecule has 0 amide bonds. The molecule has 1 saturated heterocycles. The minimum Gasteiger partial charge on any atom is -0.365 e. The summed E-state index contributed by atoms with van der Waals surface area (Å²) >= 11 is 5.39. The number of hydrogen-bond acceptors (Lipinski definition) is 2. The molecule has 1 aliphatic heterocycles. The highest BCUT2D eigenvalue weighted by Crippen LogP contribution is 1.99. The van der Waals surface area contributed by atoms with Crippen molar-refractivity contribution < 1.29 is 9.64 Å². The van der Waals surface area contributed by atoms with Crippen LogP contribution in [0, 0.1) is 0 Å². The van der Waals surface area contributed by atoms with Gasteiger partial charge >= 0.3 is 0 Å². The molecule has 1 aliphatic rings. The molecule has 4 nitrogen and oxygen atoms in total. The highest BCUT2D eigenvalue weighted by atomic mass is 32.1. The summed E-state index contributed by atoms with van der Waals surface area (Å²) < 4.78 is 5.90. The number of hydrogen-bond donors (Lipinski definition) is 3. The first-order valence-corrected chi connectivity index (χ1v) is 9.75. The fourth-order valence-electron chi connectivity index (χ4n) is 3.26. The lowest BCUT2D eigenvalue weighted by Gasteiger charge is -2.30. The Morgan fingerprint density at radius 1 is 1.00 bits per heavy atom. The lowest BCUT2D eigenvalue weighted by Crippen LogP contribution is -3.13. The van der Waals surface area contributed by atoms with E-state index in [1.807, 2.05) is 6.07 Å². The van der Waals surface area contributed by atoms with Crippen molar-refractivity contribution in [3.63, 3.8) is 0 Å². The molecule has 2 atom stereocenters. The summed E-state index contributed by atoms with van der Waals surface area (Å²) in [7, 11) is 0. The van der Waals surface area contributed by atoms with Gasteiger partial charge in [0.2, 0.25) is 0 Å². The number of thiocarbonyl (C=S) groups is 1. The summed E-state index contributed by atoms with van der Waals surface area (Å²) in [6.07, 6.45) is 1.17. The molecule has 1 heterocycles. The molecule has 2 aromatic carbocycles. The van der Waals surface area contributed by atoms with E-state index in [0.29, 0.717) is 5.11 Å². The molecule has 2 aromatic rings. The van der Waals surface area contributed by atoms with Crippen LogP contribution in [0.4, 0.5) is 0 Å². The van der Waals surface area contributed by atoms with Crippen molar-refractivity contribution >= 4 is 17.3 Å². The average Bonchev–Trinajstić information content (AvgIpc) is 2.68. The first-order chi connectivity index (χ1) is 12.8. The van der Waals surface area contributed by atoms with Gasteiger partial charge in [-0.3, -0.25) is 0 Å². The van der Waals surface area contributed by atoms with Crippen LogP contribution in [-0.2, 0) is 17.7 Å². The van der Waals surface area contributed by atoms with Crippen molar-refractivity contribution in [3.8, 4) is 0 Å². The summed E-state index contributed by atoms with van der Waals surface area (Å²) in [5.41, 5.74) is 2.70. The minimum absolute atomic E-state index is 0.205. The zero-order valence-electron chi connectivity index (χ0n) is 15.1. The Morgan fingerprint density at radius 2 is 1.69 bits per heavy atom. The molecule has 0 saturated carbocycles. The molecule has 0 bridgehead atoms. The third-order valence-corrected chi connectivity index (χ3v) is 4.94. The van der Waals surface area contributed by atoms with Crippen LogP contribution in [0.25, 0.3) is 0 Å². The van der Waals surface area contributed by atoms with Gasteiger partial charge < -0.3 is 20.3 Å². The Kier molecular flexibility index (Phi) is 7.43. The van der Waals surface area contributed by atoms with Crippen LogP contribution in [0.5, 0.6) is 0 Å². The zero-order valence-corrected chi connectivity index (χ0v) is 15.9. The first-order valence-electron chi connectivity index (χ1n) is 9.34. The van der Waals surface area contributed by atoms with E-state index >= 15 is 0 Å². The summed E-state index contributed by atoms with van der Waals surface area (Å²) in [6, 6.07) is 21.1. The normalized spacial score (nSPS) is 19.7. The van der Waals surface area contributed by atoms with Crippen molar-refractivity contribution in [1.82, 2.24) is 10.6 Å². The van der Waals surface area contributed by atoms with Gasteiger partial charge in [-0.25, -0.2) is 0 Å². The largest absolute Gasteiger partial charge is 0.365 e. The van der Waals surface area contributed by atoms with E-state index < -0.39 is 0 Å². The van der Waals surface area contributed by atoms with Crippen LogP contribution in [0.3, 0.4) is 0 Å². The number of benzene rings is 2. The van der Waals surface area contributed by atoms with E-state index in [-0.39, 0.29) is 6.10 Å². The second kappa shape index (κ2) is 10.3. The van der Waals surface area contributed by atoms with Crippen molar-refractivity contribution in [1.29, 1.82) is 0 Å². The van der Waals surface area contributed by atoms with Crippen LogP contribution in [-0.4, -0.2) is 44.0 Å². The predicted molar refractivity (Wildman–Crippen MR) is 109 cm³/mol. The average molecular weight is 371 g/mol.